The summed E-state index contributed by atoms with van der Waals surface area (Å²) in [6.45, 7) is 10.8. The molecule has 2 aliphatic rings. The molecule has 2 N–H and O–H groups in total. The van der Waals surface area contributed by atoms with Crippen LogP contribution in [0.4, 0.5) is 9.59 Å². The first-order valence-corrected chi connectivity index (χ1v) is 11.8. The largest absolute Gasteiger partial charge is 0.469 e. The summed E-state index contributed by atoms with van der Waals surface area (Å²) >= 11 is 0. The van der Waals surface area contributed by atoms with Gasteiger partial charge in [0.1, 0.15) is 11.2 Å². The van der Waals surface area contributed by atoms with Crippen molar-refractivity contribution in [3.8, 4) is 0 Å². The minimum absolute atomic E-state index is 0.169. The van der Waals surface area contributed by atoms with Crippen molar-refractivity contribution in [1.82, 2.24) is 10.6 Å². The summed E-state index contributed by atoms with van der Waals surface area (Å²) < 4.78 is 19.7. The molecule has 10 nitrogen and oxygen atoms in total. The van der Waals surface area contributed by atoms with Crippen molar-refractivity contribution in [3.63, 3.8) is 0 Å². The predicted octanol–water partition coefficient (Wildman–Crippen LogP) is 3.71. The van der Waals surface area contributed by atoms with Crippen molar-refractivity contribution >= 4 is 24.1 Å². The zero-order valence-electron chi connectivity index (χ0n) is 21.8. The highest BCUT2D eigenvalue weighted by atomic mass is 16.6. The van der Waals surface area contributed by atoms with Gasteiger partial charge < -0.3 is 29.6 Å². The first kappa shape index (κ1) is 29.5. The number of methoxy groups -OCH3 is 2. The van der Waals surface area contributed by atoms with E-state index < -0.39 is 23.4 Å². The molecule has 0 saturated heterocycles. The Balaban J connectivity index is 0.000000340. The minimum Gasteiger partial charge on any atom is -0.469 e. The molecule has 2 amide bonds. The van der Waals surface area contributed by atoms with Crippen LogP contribution < -0.4 is 10.6 Å². The molecule has 0 aromatic carbocycles. The van der Waals surface area contributed by atoms with Gasteiger partial charge in [-0.05, 0) is 67.2 Å². The van der Waals surface area contributed by atoms with E-state index in [1.165, 1.54) is 14.2 Å². The normalized spacial score (nSPS) is 24.2. The van der Waals surface area contributed by atoms with Gasteiger partial charge in [0, 0.05) is 12.1 Å². The Hall–Kier alpha value is -2.52. The maximum absolute atomic E-state index is 11.6. The number of rotatable bonds is 4. The number of amides is 2. The first-order valence-electron chi connectivity index (χ1n) is 11.8. The molecule has 0 aromatic rings. The molecule has 196 valence electrons. The fourth-order valence-corrected chi connectivity index (χ4v) is 4.05. The minimum atomic E-state index is -0.524. The molecular weight excluding hydrogens is 444 g/mol. The Bertz CT molecular complexity index is 651. The number of carbonyl (C=O) groups excluding carboxylic acids is 4. The zero-order valence-corrected chi connectivity index (χ0v) is 21.8. The summed E-state index contributed by atoms with van der Waals surface area (Å²) in [5.74, 6) is -1.01. The highest BCUT2D eigenvalue weighted by Gasteiger charge is 2.36. The quantitative estimate of drug-likeness (QED) is 0.454. The number of nitrogens with one attached hydrogen (secondary N) is 2. The Morgan fingerprint density at radius 3 is 1.21 bits per heavy atom. The molecule has 0 unspecified atom stereocenters. The molecular formula is C24H42N2O8. The van der Waals surface area contributed by atoms with Crippen LogP contribution in [0.3, 0.4) is 0 Å². The van der Waals surface area contributed by atoms with Crippen LogP contribution in [0, 0.1) is 11.8 Å². The van der Waals surface area contributed by atoms with E-state index in [0.29, 0.717) is 0 Å². The van der Waals surface area contributed by atoms with Crippen LogP contribution in [0.1, 0.15) is 80.1 Å². The average molecular weight is 487 g/mol. The average Bonchev–Trinajstić information content (AvgIpc) is 3.33. The van der Waals surface area contributed by atoms with Crippen LogP contribution in [0.5, 0.6) is 0 Å². The summed E-state index contributed by atoms with van der Waals surface area (Å²) in [4.78, 5) is 46.1. The van der Waals surface area contributed by atoms with Gasteiger partial charge in [-0.3, -0.25) is 9.59 Å². The van der Waals surface area contributed by atoms with E-state index in [0.717, 1.165) is 38.5 Å². The summed E-state index contributed by atoms with van der Waals surface area (Å²) in [6.07, 6.45) is 3.98. The molecule has 0 spiro atoms. The smallest absolute Gasteiger partial charge is 0.407 e. The van der Waals surface area contributed by atoms with E-state index in [1.807, 2.05) is 0 Å². The van der Waals surface area contributed by atoms with Crippen LogP contribution in [0.2, 0.25) is 0 Å². The maximum atomic E-state index is 11.6. The third-order valence-corrected chi connectivity index (χ3v) is 5.44. The fourth-order valence-electron chi connectivity index (χ4n) is 4.05. The second kappa shape index (κ2) is 12.8. The summed E-state index contributed by atoms with van der Waals surface area (Å²) in [5, 5.41) is 5.48. The summed E-state index contributed by atoms with van der Waals surface area (Å²) in [7, 11) is 2.73. The number of hydrogen-bond acceptors (Lipinski definition) is 8. The van der Waals surface area contributed by atoms with Crippen LogP contribution in [0.25, 0.3) is 0 Å². The molecule has 2 aliphatic carbocycles. The number of esters is 2. The van der Waals surface area contributed by atoms with E-state index >= 15 is 0 Å². The SMILES string of the molecule is COC(=O)[C@@H]1CCC[C@H]1NC(=O)OC(C)(C)C.COC(=O)[C@H]1CCC[C@H]1NC(=O)OC(C)(C)C. The van der Waals surface area contributed by atoms with Crippen molar-refractivity contribution in [2.75, 3.05) is 14.2 Å². The standard InChI is InChI=1S/2C12H21NO4/c2*1-12(2,3)17-11(15)13-9-7-5-6-8(9)10(14)16-4/h2*8-9H,5-7H2,1-4H3,(H,13,15)/t8-,9+;8-,9-/m01/s1. The summed E-state index contributed by atoms with van der Waals surface area (Å²) in [5.41, 5.74) is -1.05. The molecule has 2 saturated carbocycles. The Labute approximate surface area is 202 Å². The summed E-state index contributed by atoms with van der Waals surface area (Å²) in [6, 6.07) is -0.338. The van der Waals surface area contributed by atoms with E-state index in [1.54, 1.807) is 41.5 Å². The number of hydrogen-bond donors (Lipinski definition) is 2. The van der Waals surface area contributed by atoms with Crippen molar-refractivity contribution < 1.29 is 38.1 Å². The van der Waals surface area contributed by atoms with E-state index in [-0.39, 0.29) is 35.9 Å². The van der Waals surface area contributed by atoms with Gasteiger partial charge in [-0.1, -0.05) is 12.8 Å². The Kier molecular flexibility index (Phi) is 11.1. The van der Waals surface area contributed by atoms with Gasteiger partial charge in [-0.15, -0.1) is 0 Å². The molecule has 0 bridgehead atoms. The van der Waals surface area contributed by atoms with Gasteiger partial charge in [0.05, 0.1) is 26.1 Å². The maximum Gasteiger partial charge on any atom is 0.407 e. The monoisotopic (exact) mass is 486 g/mol. The van der Waals surface area contributed by atoms with Crippen molar-refractivity contribution in [3.05, 3.63) is 0 Å². The van der Waals surface area contributed by atoms with Gasteiger partial charge in [-0.2, -0.15) is 0 Å². The third-order valence-electron chi connectivity index (χ3n) is 5.44. The Morgan fingerprint density at radius 1 is 0.618 bits per heavy atom. The predicted molar refractivity (Wildman–Crippen MR) is 125 cm³/mol. The van der Waals surface area contributed by atoms with Gasteiger partial charge >= 0.3 is 24.1 Å². The number of ether oxygens (including phenoxy) is 4. The molecule has 2 fully saturated rings. The highest BCUT2D eigenvalue weighted by molar-refractivity contribution is 5.76. The van der Waals surface area contributed by atoms with Crippen molar-refractivity contribution in [1.29, 1.82) is 0 Å². The molecule has 2 rings (SSSR count). The Morgan fingerprint density at radius 2 is 0.941 bits per heavy atom. The molecule has 0 heterocycles. The van der Waals surface area contributed by atoms with Crippen molar-refractivity contribution in [2.45, 2.75) is 103 Å². The van der Waals surface area contributed by atoms with Gasteiger partial charge in [0.2, 0.25) is 0 Å². The third kappa shape index (κ3) is 10.6. The molecule has 4 atom stereocenters. The fraction of sp³-hybridized carbons (Fsp3) is 0.833. The lowest BCUT2D eigenvalue weighted by atomic mass is 10.0. The molecule has 0 aliphatic heterocycles. The van der Waals surface area contributed by atoms with E-state index in [2.05, 4.69) is 10.6 Å². The molecule has 0 aromatic heterocycles. The van der Waals surface area contributed by atoms with E-state index in [4.69, 9.17) is 18.9 Å². The topological polar surface area (TPSA) is 129 Å². The second-order valence-corrected chi connectivity index (χ2v) is 10.6. The molecule has 10 heteroatoms. The molecule has 0 radical (unpaired) electrons. The van der Waals surface area contributed by atoms with Crippen LogP contribution in [-0.2, 0) is 28.5 Å². The highest BCUT2D eigenvalue weighted by Crippen LogP contribution is 2.28. The first-order chi connectivity index (χ1) is 15.7. The number of carbonyl (C=O) groups is 4. The van der Waals surface area contributed by atoms with Crippen molar-refractivity contribution in [2.24, 2.45) is 11.8 Å². The van der Waals surface area contributed by atoms with Crippen LogP contribution in [-0.4, -0.2) is 61.6 Å². The van der Waals surface area contributed by atoms with E-state index in [9.17, 15) is 19.2 Å². The number of alkyl carbamates (subject to hydrolysis) is 2. The molecule has 34 heavy (non-hydrogen) atoms. The lowest BCUT2D eigenvalue weighted by Gasteiger charge is -2.23. The van der Waals surface area contributed by atoms with Gasteiger partial charge in [0.15, 0.2) is 0 Å². The van der Waals surface area contributed by atoms with Gasteiger partial charge in [0.25, 0.3) is 0 Å². The van der Waals surface area contributed by atoms with Crippen LogP contribution >= 0.6 is 0 Å². The second-order valence-electron chi connectivity index (χ2n) is 10.6. The lowest BCUT2D eigenvalue weighted by Crippen LogP contribution is -2.43. The van der Waals surface area contributed by atoms with Gasteiger partial charge in [-0.25, -0.2) is 9.59 Å². The lowest BCUT2D eigenvalue weighted by molar-refractivity contribution is -0.146. The zero-order chi connectivity index (χ0) is 26.1. The van der Waals surface area contributed by atoms with Crippen LogP contribution in [0.15, 0.2) is 0 Å².